The lowest BCUT2D eigenvalue weighted by atomic mass is 10.2. The van der Waals surface area contributed by atoms with Crippen molar-refractivity contribution in [2.24, 2.45) is 0 Å². The van der Waals surface area contributed by atoms with Gasteiger partial charge in [-0.15, -0.1) is 0 Å². The summed E-state index contributed by atoms with van der Waals surface area (Å²) in [6.07, 6.45) is 0. The summed E-state index contributed by atoms with van der Waals surface area (Å²) in [4.78, 5) is 37.3. The number of para-hydroxylation sites is 2. The molecule has 0 saturated carbocycles. The molecule has 128 valence electrons. The van der Waals surface area contributed by atoms with E-state index in [4.69, 9.17) is 11.6 Å². The Morgan fingerprint density at radius 2 is 1.96 bits per heavy atom. The Labute approximate surface area is 149 Å². The lowest BCUT2D eigenvalue weighted by Gasteiger charge is -2.29. The number of benzene rings is 2. The molecule has 1 aliphatic rings. The molecule has 0 saturated heterocycles. The Hall–Kier alpha value is -3.06. The summed E-state index contributed by atoms with van der Waals surface area (Å²) in [6.45, 7) is -0.343. The van der Waals surface area contributed by atoms with Crippen molar-refractivity contribution in [2.75, 3.05) is 28.6 Å². The topological polar surface area (TPSA) is 90.5 Å². The molecular formula is C17H15ClN4O3. The van der Waals surface area contributed by atoms with E-state index in [1.54, 1.807) is 48.5 Å². The van der Waals surface area contributed by atoms with E-state index >= 15 is 0 Å². The van der Waals surface area contributed by atoms with Gasteiger partial charge in [-0.3, -0.25) is 14.5 Å². The van der Waals surface area contributed by atoms with Crippen molar-refractivity contribution < 1.29 is 14.4 Å². The van der Waals surface area contributed by atoms with Gasteiger partial charge in [-0.2, -0.15) is 0 Å². The summed E-state index contributed by atoms with van der Waals surface area (Å²) in [5.74, 6) is -0.692. The molecule has 2 aromatic carbocycles. The van der Waals surface area contributed by atoms with Crippen molar-refractivity contribution in [1.82, 2.24) is 5.32 Å². The SMILES string of the molecule is O=C(CNC(=O)N1CC(=O)Nc2ccccc21)Nc1cccc(Cl)c1. The van der Waals surface area contributed by atoms with Crippen LogP contribution in [0.2, 0.25) is 5.02 Å². The summed E-state index contributed by atoms with van der Waals surface area (Å²) in [5, 5.41) is 8.34. The molecule has 25 heavy (non-hydrogen) atoms. The molecule has 2 aromatic rings. The zero-order valence-electron chi connectivity index (χ0n) is 13.1. The van der Waals surface area contributed by atoms with Crippen LogP contribution >= 0.6 is 11.6 Å². The van der Waals surface area contributed by atoms with Gasteiger partial charge in [0.15, 0.2) is 0 Å². The predicted molar refractivity (Wildman–Crippen MR) is 95.9 cm³/mol. The molecule has 8 heteroatoms. The maximum absolute atomic E-state index is 12.4. The first-order chi connectivity index (χ1) is 12.0. The zero-order chi connectivity index (χ0) is 17.8. The molecule has 0 spiro atoms. The Morgan fingerprint density at radius 3 is 2.76 bits per heavy atom. The highest BCUT2D eigenvalue weighted by Crippen LogP contribution is 2.28. The van der Waals surface area contributed by atoms with Gasteiger partial charge in [0.2, 0.25) is 11.8 Å². The fourth-order valence-electron chi connectivity index (χ4n) is 2.44. The molecule has 3 N–H and O–H groups in total. The third-order valence-electron chi connectivity index (χ3n) is 3.52. The number of fused-ring (bicyclic) bond motifs is 1. The second kappa shape index (κ2) is 7.23. The van der Waals surface area contributed by atoms with Crippen LogP contribution in [0.1, 0.15) is 0 Å². The van der Waals surface area contributed by atoms with E-state index in [1.165, 1.54) is 4.90 Å². The minimum absolute atomic E-state index is 0.112. The van der Waals surface area contributed by atoms with E-state index in [2.05, 4.69) is 16.0 Å². The number of carbonyl (C=O) groups is 3. The molecule has 0 aromatic heterocycles. The summed E-state index contributed by atoms with van der Waals surface area (Å²) < 4.78 is 0. The second-order valence-electron chi connectivity index (χ2n) is 5.37. The van der Waals surface area contributed by atoms with Crippen LogP contribution in [-0.2, 0) is 9.59 Å². The van der Waals surface area contributed by atoms with E-state index in [0.717, 1.165) is 0 Å². The summed E-state index contributed by atoms with van der Waals surface area (Å²) >= 11 is 5.85. The standard InChI is InChI=1S/C17H15ClN4O3/c18-11-4-3-5-12(8-11)20-15(23)9-19-17(25)22-10-16(24)21-13-6-1-2-7-14(13)22/h1-8H,9-10H2,(H,19,25)(H,20,23)(H,21,24). The van der Waals surface area contributed by atoms with Crippen LogP contribution in [0.3, 0.4) is 0 Å². The molecule has 0 fully saturated rings. The number of rotatable bonds is 3. The number of nitrogens with zero attached hydrogens (tertiary/aromatic N) is 1. The molecule has 1 heterocycles. The quantitative estimate of drug-likeness (QED) is 0.787. The number of anilines is 3. The van der Waals surface area contributed by atoms with Gasteiger partial charge in [-0.1, -0.05) is 29.8 Å². The van der Waals surface area contributed by atoms with Gasteiger partial charge >= 0.3 is 6.03 Å². The molecule has 3 rings (SSSR count). The lowest BCUT2D eigenvalue weighted by molar-refractivity contribution is -0.115. The normalized spacial score (nSPS) is 12.8. The maximum Gasteiger partial charge on any atom is 0.322 e. The van der Waals surface area contributed by atoms with Gasteiger partial charge in [0.25, 0.3) is 0 Å². The van der Waals surface area contributed by atoms with Crippen molar-refractivity contribution in [1.29, 1.82) is 0 Å². The van der Waals surface area contributed by atoms with E-state index in [-0.39, 0.29) is 19.0 Å². The van der Waals surface area contributed by atoms with E-state index in [0.29, 0.717) is 22.1 Å². The van der Waals surface area contributed by atoms with Crippen molar-refractivity contribution in [2.45, 2.75) is 0 Å². The Balaban J connectivity index is 1.61. The molecule has 0 atom stereocenters. The molecule has 0 radical (unpaired) electrons. The van der Waals surface area contributed by atoms with Crippen LogP contribution < -0.4 is 20.9 Å². The molecule has 0 unspecified atom stereocenters. The van der Waals surface area contributed by atoms with E-state index in [9.17, 15) is 14.4 Å². The van der Waals surface area contributed by atoms with E-state index < -0.39 is 11.9 Å². The smallest absolute Gasteiger partial charge is 0.322 e. The van der Waals surface area contributed by atoms with Crippen LogP contribution in [0.15, 0.2) is 48.5 Å². The molecule has 7 nitrogen and oxygen atoms in total. The highest BCUT2D eigenvalue weighted by molar-refractivity contribution is 6.30. The second-order valence-corrected chi connectivity index (χ2v) is 5.81. The summed E-state index contributed by atoms with van der Waals surface area (Å²) in [5.41, 5.74) is 1.67. The number of halogens is 1. The number of urea groups is 1. The minimum atomic E-state index is -0.524. The number of nitrogens with one attached hydrogen (secondary N) is 3. The van der Waals surface area contributed by atoms with Crippen LogP contribution in [0.25, 0.3) is 0 Å². The number of hydrogen-bond donors (Lipinski definition) is 3. The third-order valence-corrected chi connectivity index (χ3v) is 3.76. The van der Waals surface area contributed by atoms with Gasteiger partial charge in [-0.25, -0.2) is 4.79 Å². The van der Waals surface area contributed by atoms with Crippen LogP contribution in [0.5, 0.6) is 0 Å². The highest BCUT2D eigenvalue weighted by atomic mass is 35.5. The van der Waals surface area contributed by atoms with Gasteiger partial charge in [0.1, 0.15) is 6.54 Å². The number of amides is 4. The van der Waals surface area contributed by atoms with Crippen molar-refractivity contribution in [3.8, 4) is 0 Å². The number of hydrogen-bond acceptors (Lipinski definition) is 3. The van der Waals surface area contributed by atoms with Gasteiger partial charge in [0.05, 0.1) is 17.9 Å². The van der Waals surface area contributed by atoms with E-state index in [1.807, 2.05) is 0 Å². The van der Waals surface area contributed by atoms with Crippen molar-refractivity contribution >= 4 is 46.5 Å². The van der Waals surface area contributed by atoms with Crippen LogP contribution in [0, 0.1) is 0 Å². The first-order valence-corrected chi connectivity index (χ1v) is 7.90. The van der Waals surface area contributed by atoms with Crippen LogP contribution in [-0.4, -0.2) is 30.9 Å². The number of carbonyl (C=O) groups excluding carboxylic acids is 3. The van der Waals surface area contributed by atoms with Gasteiger partial charge < -0.3 is 16.0 Å². The molecule has 0 bridgehead atoms. The monoisotopic (exact) mass is 358 g/mol. The van der Waals surface area contributed by atoms with Gasteiger partial charge in [0, 0.05) is 10.7 Å². The highest BCUT2D eigenvalue weighted by Gasteiger charge is 2.26. The fraction of sp³-hybridized carbons (Fsp3) is 0.118. The lowest BCUT2D eigenvalue weighted by Crippen LogP contribution is -2.48. The van der Waals surface area contributed by atoms with Crippen LogP contribution in [0.4, 0.5) is 21.9 Å². The average molecular weight is 359 g/mol. The zero-order valence-corrected chi connectivity index (χ0v) is 13.8. The van der Waals surface area contributed by atoms with Gasteiger partial charge in [-0.05, 0) is 30.3 Å². The first-order valence-electron chi connectivity index (χ1n) is 7.52. The third kappa shape index (κ3) is 4.07. The van der Waals surface area contributed by atoms with Crippen molar-refractivity contribution in [3.05, 3.63) is 53.6 Å². The first kappa shape index (κ1) is 16.8. The minimum Gasteiger partial charge on any atom is -0.329 e. The average Bonchev–Trinajstić information content (AvgIpc) is 2.59. The summed E-state index contributed by atoms with van der Waals surface area (Å²) in [6, 6.07) is 13.1. The Kier molecular flexibility index (Phi) is 4.85. The molecular weight excluding hydrogens is 344 g/mol. The molecule has 1 aliphatic heterocycles. The maximum atomic E-state index is 12.4. The predicted octanol–water partition coefficient (Wildman–Crippen LogP) is 2.45. The molecule has 4 amide bonds. The Bertz CT molecular complexity index is 840. The fourth-order valence-corrected chi connectivity index (χ4v) is 2.63. The molecule has 0 aliphatic carbocycles. The largest absolute Gasteiger partial charge is 0.329 e. The Morgan fingerprint density at radius 1 is 1.16 bits per heavy atom. The summed E-state index contributed by atoms with van der Waals surface area (Å²) in [7, 11) is 0. The van der Waals surface area contributed by atoms with Crippen molar-refractivity contribution in [3.63, 3.8) is 0 Å².